The standard InChI is InChI=1S/C14H13FN2O3S/c15-11-3-1-2-10(8-11)4-6-17-7-5-12(18)16-14(17)21-9-13(19)20/h1-3,5,7-8H,4,6,9H2,(H,19,20). The zero-order valence-corrected chi connectivity index (χ0v) is 11.8. The van der Waals surface area contributed by atoms with Crippen LogP contribution in [0.25, 0.3) is 0 Å². The highest BCUT2D eigenvalue weighted by molar-refractivity contribution is 7.99. The molecule has 2 aromatic rings. The van der Waals surface area contributed by atoms with Gasteiger partial charge in [-0.1, -0.05) is 23.9 Å². The number of aromatic nitrogens is 2. The van der Waals surface area contributed by atoms with Gasteiger partial charge < -0.3 is 9.67 Å². The molecule has 2 rings (SSSR count). The summed E-state index contributed by atoms with van der Waals surface area (Å²) in [5.41, 5.74) is 0.410. The van der Waals surface area contributed by atoms with E-state index in [0.717, 1.165) is 17.3 Å². The second kappa shape index (κ2) is 7.03. The van der Waals surface area contributed by atoms with Gasteiger partial charge in [-0.05, 0) is 24.1 Å². The Kier molecular flexibility index (Phi) is 5.10. The molecule has 0 aliphatic carbocycles. The van der Waals surface area contributed by atoms with Crippen LogP contribution in [-0.2, 0) is 17.8 Å². The number of nitrogens with zero attached hydrogens (tertiary/aromatic N) is 2. The lowest BCUT2D eigenvalue weighted by molar-refractivity contribution is -0.133. The monoisotopic (exact) mass is 308 g/mol. The molecule has 21 heavy (non-hydrogen) atoms. The average molecular weight is 308 g/mol. The number of carboxylic acids is 1. The number of hydrogen-bond donors (Lipinski definition) is 1. The van der Waals surface area contributed by atoms with E-state index in [1.54, 1.807) is 16.8 Å². The third-order valence-corrected chi connectivity index (χ3v) is 3.68. The molecule has 0 aliphatic rings. The molecule has 7 heteroatoms. The number of thioether (sulfide) groups is 1. The van der Waals surface area contributed by atoms with Crippen molar-refractivity contribution in [3.8, 4) is 0 Å². The lowest BCUT2D eigenvalue weighted by Gasteiger charge is -2.10. The molecule has 0 atom stereocenters. The fourth-order valence-electron chi connectivity index (χ4n) is 1.77. The molecule has 5 nitrogen and oxygen atoms in total. The third-order valence-electron chi connectivity index (χ3n) is 2.70. The van der Waals surface area contributed by atoms with Gasteiger partial charge in [-0.25, -0.2) is 4.39 Å². The van der Waals surface area contributed by atoms with Crippen molar-refractivity contribution in [3.05, 3.63) is 58.3 Å². The second-order valence-electron chi connectivity index (χ2n) is 4.30. The Morgan fingerprint density at radius 3 is 2.90 bits per heavy atom. The number of aliphatic carboxylic acids is 1. The van der Waals surface area contributed by atoms with Crippen molar-refractivity contribution in [2.45, 2.75) is 18.1 Å². The summed E-state index contributed by atoms with van der Waals surface area (Å²) in [7, 11) is 0. The van der Waals surface area contributed by atoms with Gasteiger partial charge in [0.05, 0.1) is 5.75 Å². The summed E-state index contributed by atoms with van der Waals surface area (Å²) in [4.78, 5) is 25.7. The Morgan fingerprint density at radius 1 is 1.38 bits per heavy atom. The van der Waals surface area contributed by atoms with E-state index in [9.17, 15) is 14.0 Å². The average Bonchev–Trinajstić information content (AvgIpc) is 2.44. The Labute approximate surface area is 124 Å². The Bertz CT molecular complexity index is 703. The molecule has 1 N–H and O–H groups in total. The van der Waals surface area contributed by atoms with Crippen LogP contribution in [0.5, 0.6) is 0 Å². The summed E-state index contributed by atoms with van der Waals surface area (Å²) in [6.07, 6.45) is 2.13. The van der Waals surface area contributed by atoms with Crippen LogP contribution >= 0.6 is 11.8 Å². The van der Waals surface area contributed by atoms with Crippen molar-refractivity contribution < 1.29 is 14.3 Å². The fourth-order valence-corrected chi connectivity index (χ4v) is 2.49. The summed E-state index contributed by atoms with van der Waals surface area (Å²) in [5, 5.41) is 9.04. The highest BCUT2D eigenvalue weighted by Gasteiger charge is 2.07. The Hall–Kier alpha value is -2.15. The first kappa shape index (κ1) is 15.2. The van der Waals surface area contributed by atoms with Gasteiger partial charge in [-0.3, -0.25) is 9.59 Å². The Morgan fingerprint density at radius 2 is 2.19 bits per heavy atom. The van der Waals surface area contributed by atoms with Gasteiger partial charge in [0.1, 0.15) is 5.82 Å². The topological polar surface area (TPSA) is 72.2 Å². The molecule has 0 unspecified atom stereocenters. The second-order valence-corrected chi connectivity index (χ2v) is 5.25. The van der Waals surface area contributed by atoms with Gasteiger partial charge in [0.2, 0.25) is 0 Å². The highest BCUT2D eigenvalue weighted by atomic mass is 32.2. The van der Waals surface area contributed by atoms with E-state index in [1.807, 2.05) is 6.07 Å². The number of aryl methyl sites for hydroxylation is 2. The van der Waals surface area contributed by atoms with Crippen LogP contribution in [0.4, 0.5) is 4.39 Å². The maximum absolute atomic E-state index is 13.1. The normalized spacial score (nSPS) is 10.5. The maximum Gasteiger partial charge on any atom is 0.313 e. The van der Waals surface area contributed by atoms with Crippen LogP contribution in [-0.4, -0.2) is 26.4 Å². The minimum absolute atomic E-state index is 0.170. The quantitative estimate of drug-likeness (QED) is 0.651. The van der Waals surface area contributed by atoms with Gasteiger partial charge in [0, 0.05) is 18.8 Å². The molecular formula is C14H13FN2O3S. The van der Waals surface area contributed by atoms with Crippen LogP contribution < -0.4 is 5.56 Å². The van der Waals surface area contributed by atoms with E-state index in [0.29, 0.717) is 18.1 Å². The van der Waals surface area contributed by atoms with E-state index in [4.69, 9.17) is 5.11 Å². The van der Waals surface area contributed by atoms with Gasteiger partial charge in [0.15, 0.2) is 5.16 Å². The number of carbonyl (C=O) groups is 1. The van der Waals surface area contributed by atoms with E-state index < -0.39 is 11.5 Å². The molecule has 1 heterocycles. The summed E-state index contributed by atoms with van der Waals surface area (Å²) in [6, 6.07) is 7.58. The fraction of sp³-hybridized carbons (Fsp3) is 0.214. The minimum Gasteiger partial charge on any atom is -0.481 e. The van der Waals surface area contributed by atoms with Crippen molar-refractivity contribution in [1.29, 1.82) is 0 Å². The van der Waals surface area contributed by atoms with Crippen LogP contribution in [0, 0.1) is 5.82 Å². The molecule has 0 radical (unpaired) electrons. The van der Waals surface area contributed by atoms with Crippen molar-refractivity contribution in [2.24, 2.45) is 0 Å². The summed E-state index contributed by atoms with van der Waals surface area (Å²) in [5.74, 6) is -1.45. The molecule has 0 fully saturated rings. The van der Waals surface area contributed by atoms with Gasteiger partial charge in [-0.2, -0.15) is 4.98 Å². The minimum atomic E-state index is -0.977. The smallest absolute Gasteiger partial charge is 0.313 e. The third kappa shape index (κ3) is 4.71. The van der Waals surface area contributed by atoms with Gasteiger partial charge in [0.25, 0.3) is 5.56 Å². The SMILES string of the molecule is O=C(O)CSc1nc(=O)ccn1CCc1cccc(F)c1. The summed E-state index contributed by atoms with van der Waals surface area (Å²) >= 11 is 0.986. The van der Waals surface area contributed by atoms with Gasteiger partial charge in [-0.15, -0.1) is 0 Å². The van der Waals surface area contributed by atoms with Crippen molar-refractivity contribution in [3.63, 3.8) is 0 Å². The zero-order valence-electron chi connectivity index (χ0n) is 11.0. The zero-order chi connectivity index (χ0) is 15.2. The lowest BCUT2D eigenvalue weighted by Crippen LogP contribution is -2.15. The molecule has 0 saturated heterocycles. The first-order valence-electron chi connectivity index (χ1n) is 6.21. The molecule has 1 aromatic heterocycles. The first-order chi connectivity index (χ1) is 10.0. The summed E-state index contributed by atoms with van der Waals surface area (Å²) < 4.78 is 14.8. The maximum atomic E-state index is 13.1. The van der Waals surface area contributed by atoms with Crippen LogP contribution in [0.15, 0.2) is 46.5 Å². The number of halogens is 1. The predicted molar refractivity (Wildman–Crippen MR) is 77.0 cm³/mol. The molecular weight excluding hydrogens is 295 g/mol. The molecule has 0 bridgehead atoms. The molecule has 110 valence electrons. The predicted octanol–water partition coefficient (Wildman–Crippen LogP) is 1.80. The van der Waals surface area contributed by atoms with Crippen molar-refractivity contribution in [1.82, 2.24) is 9.55 Å². The number of benzene rings is 1. The molecule has 0 spiro atoms. The van der Waals surface area contributed by atoms with Gasteiger partial charge >= 0.3 is 5.97 Å². The molecule has 0 saturated carbocycles. The first-order valence-corrected chi connectivity index (χ1v) is 7.19. The highest BCUT2D eigenvalue weighted by Crippen LogP contribution is 2.14. The van der Waals surface area contributed by atoms with Crippen LogP contribution in [0.3, 0.4) is 0 Å². The van der Waals surface area contributed by atoms with Crippen molar-refractivity contribution >= 4 is 17.7 Å². The van der Waals surface area contributed by atoms with Crippen LogP contribution in [0.1, 0.15) is 5.56 Å². The number of rotatable bonds is 6. The van der Waals surface area contributed by atoms with E-state index in [1.165, 1.54) is 18.2 Å². The molecule has 0 amide bonds. The molecule has 1 aromatic carbocycles. The number of hydrogen-bond acceptors (Lipinski definition) is 4. The lowest BCUT2D eigenvalue weighted by atomic mass is 10.1. The van der Waals surface area contributed by atoms with Crippen LogP contribution in [0.2, 0.25) is 0 Å². The van der Waals surface area contributed by atoms with E-state index >= 15 is 0 Å². The van der Waals surface area contributed by atoms with E-state index in [-0.39, 0.29) is 11.6 Å². The summed E-state index contributed by atoms with van der Waals surface area (Å²) in [6.45, 7) is 0.485. The number of carboxylic acid groups (broad SMARTS) is 1. The largest absolute Gasteiger partial charge is 0.481 e. The van der Waals surface area contributed by atoms with E-state index in [2.05, 4.69) is 4.98 Å². The Balaban J connectivity index is 2.11. The molecule has 0 aliphatic heterocycles. The van der Waals surface area contributed by atoms with Crippen molar-refractivity contribution in [2.75, 3.05) is 5.75 Å².